The van der Waals surface area contributed by atoms with Crippen molar-refractivity contribution in [3.8, 4) is 0 Å². The van der Waals surface area contributed by atoms with E-state index in [2.05, 4.69) is 0 Å². The molecule has 0 amide bonds. The van der Waals surface area contributed by atoms with Gasteiger partial charge in [0.05, 0.1) is 32.5 Å². The number of aliphatic hydroxyl groups excluding tert-OH is 16. The fourth-order valence-electron chi connectivity index (χ4n) is 6.84. The number of hydrogen-bond acceptors (Lipinski definition) is 25. The molecule has 0 aromatic carbocycles. The summed E-state index contributed by atoms with van der Waals surface area (Å²) in [4.78, 5) is 0. The van der Waals surface area contributed by atoms with E-state index in [1.54, 1.807) is 0 Å². The predicted molar refractivity (Wildman–Crippen MR) is 165 cm³/mol. The maximum atomic E-state index is 11.3. The Morgan fingerprint density at radius 2 is 0.782 bits per heavy atom. The van der Waals surface area contributed by atoms with Crippen LogP contribution in [0.5, 0.6) is 0 Å². The average molecular weight is 813 g/mol. The molecule has 0 bridgehead atoms. The van der Waals surface area contributed by atoms with Crippen LogP contribution in [0.2, 0.25) is 0 Å². The number of hydrogen-bond donors (Lipinski definition) is 16. The van der Waals surface area contributed by atoms with Crippen molar-refractivity contribution >= 4 is 0 Å². The fourth-order valence-corrected chi connectivity index (χ4v) is 6.84. The van der Waals surface area contributed by atoms with Crippen LogP contribution < -0.4 is 0 Å². The molecule has 25 atom stereocenters. The molecule has 5 saturated heterocycles. The molecule has 4 unspecified atom stereocenters. The number of aliphatic hydroxyl groups is 16. The van der Waals surface area contributed by atoms with Gasteiger partial charge in [0, 0.05) is 0 Å². The predicted octanol–water partition coefficient (Wildman–Crippen LogP) is -10.9. The van der Waals surface area contributed by atoms with Crippen molar-refractivity contribution in [2.24, 2.45) is 0 Å². The first kappa shape index (κ1) is 45.1. The zero-order valence-electron chi connectivity index (χ0n) is 29.1. The molecule has 0 radical (unpaired) electrons. The maximum absolute atomic E-state index is 11.3. The lowest BCUT2D eigenvalue weighted by atomic mass is 9.96. The van der Waals surface area contributed by atoms with E-state index in [9.17, 15) is 81.7 Å². The summed E-state index contributed by atoms with van der Waals surface area (Å²) in [5.74, 6) is 0. The summed E-state index contributed by atoms with van der Waals surface area (Å²) in [5, 5.41) is 166. The Kier molecular flexibility index (Phi) is 15.5. The molecular formula is C30H52O25. The molecule has 0 aromatic rings. The second-order valence-electron chi connectivity index (χ2n) is 14.0. The van der Waals surface area contributed by atoms with Crippen LogP contribution in [-0.2, 0) is 42.6 Å². The Hall–Kier alpha value is -1.00. The van der Waals surface area contributed by atoms with Gasteiger partial charge >= 0.3 is 0 Å². The third-order valence-electron chi connectivity index (χ3n) is 10.3. The molecule has 322 valence electrons. The van der Waals surface area contributed by atoms with Crippen molar-refractivity contribution in [3.63, 3.8) is 0 Å². The van der Waals surface area contributed by atoms with Gasteiger partial charge in [-0.05, 0) is 6.92 Å². The first-order valence-electron chi connectivity index (χ1n) is 17.5. The summed E-state index contributed by atoms with van der Waals surface area (Å²) in [6, 6.07) is 0. The Labute approximate surface area is 311 Å². The Bertz CT molecular complexity index is 1170. The molecule has 25 nitrogen and oxygen atoms in total. The van der Waals surface area contributed by atoms with Gasteiger partial charge in [-0.3, -0.25) is 0 Å². The Balaban J connectivity index is 1.30. The van der Waals surface area contributed by atoms with Crippen LogP contribution >= 0.6 is 0 Å². The summed E-state index contributed by atoms with van der Waals surface area (Å²) in [6.45, 7) is -2.04. The molecule has 5 aliphatic rings. The first-order chi connectivity index (χ1) is 25.9. The summed E-state index contributed by atoms with van der Waals surface area (Å²) in [7, 11) is 0. The van der Waals surface area contributed by atoms with Gasteiger partial charge in [-0.25, -0.2) is 0 Å². The molecular weight excluding hydrogens is 760 g/mol. The molecule has 0 spiro atoms. The van der Waals surface area contributed by atoms with Gasteiger partial charge in [0.15, 0.2) is 31.5 Å². The monoisotopic (exact) mass is 812 g/mol. The molecule has 55 heavy (non-hydrogen) atoms. The summed E-state index contributed by atoms with van der Waals surface area (Å²) in [6.07, 6.45) is -44.7. The van der Waals surface area contributed by atoms with Gasteiger partial charge in [-0.15, -0.1) is 0 Å². The van der Waals surface area contributed by atoms with Crippen LogP contribution in [-0.4, -0.2) is 262 Å². The molecule has 25 heteroatoms. The molecule has 5 rings (SSSR count). The van der Waals surface area contributed by atoms with E-state index in [1.807, 2.05) is 0 Å². The summed E-state index contributed by atoms with van der Waals surface area (Å²) < 4.78 is 49.5. The van der Waals surface area contributed by atoms with Crippen molar-refractivity contribution in [2.75, 3.05) is 26.4 Å². The molecule has 0 aliphatic carbocycles. The van der Waals surface area contributed by atoms with Crippen LogP contribution in [0.4, 0.5) is 0 Å². The van der Waals surface area contributed by atoms with Crippen LogP contribution in [0.25, 0.3) is 0 Å². The number of rotatable bonds is 12. The lowest BCUT2D eigenvalue weighted by molar-refractivity contribution is -0.391. The van der Waals surface area contributed by atoms with Crippen LogP contribution in [0.1, 0.15) is 6.92 Å². The van der Waals surface area contributed by atoms with E-state index in [4.69, 9.17) is 42.6 Å². The quantitative estimate of drug-likeness (QED) is 0.0870. The maximum Gasteiger partial charge on any atom is 0.187 e. The molecule has 5 aliphatic heterocycles. The molecule has 0 saturated carbocycles. The third kappa shape index (κ3) is 9.26. The van der Waals surface area contributed by atoms with Gasteiger partial charge in [-0.1, -0.05) is 0 Å². The van der Waals surface area contributed by atoms with Crippen LogP contribution in [0.3, 0.4) is 0 Å². The minimum Gasteiger partial charge on any atom is -0.394 e. The van der Waals surface area contributed by atoms with Crippen molar-refractivity contribution in [2.45, 2.75) is 160 Å². The fraction of sp³-hybridized carbons (Fsp3) is 1.00. The van der Waals surface area contributed by atoms with Gasteiger partial charge < -0.3 is 124 Å². The van der Waals surface area contributed by atoms with E-state index < -0.39 is 180 Å². The Morgan fingerprint density at radius 3 is 1.31 bits per heavy atom. The zero-order chi connectivity index (χ0) is 40.6. The van der Waals surface area contributed by atoms with Crippen LogP contribution in [0, 0.1) is 0 Å². The normalized spacial score (nSPS) is 53.9. The van der Waals surface area contributed by atoms with E-state index in [-0.39, 0.29) is 0 Å². The minimum atomic E-state index is -2.08. The summed E-state index contributed by atoms with van der Waals surface area (Å²) >= 11 is 0. The van der Waals surface area contributed by atoms with Gasteiger partial charge in [0.2, 0.25) is 0 Å². The smallest absolute Gasteiger partial charge is 0.187 e. The largest absolute Gasteiger partial charge is 0.394 e. The molecule has 5 heterocycles. The second kappa shape index (κ2) is 18.9. The van der Waals surface area contributed by atoms with Crippen molar-refractivity contribution in [1.29, 1.82) is 0 Å². The van der Waals surface area contributed by atoms with E-state index in [0.717, 1.165) is 0 Å². The van der Waals surface area contributed by atoms with Crippen LogP contribution in [0.15, 0.2) is 0 Å². The third-order valence-corrected chi connectivity index (χ3v) is 10.3. The molecule has 5 fully saturated rings. The highest BCUT2D eigenvalue weighted by atomic mass is 16.8. The zero-order valence-corrected chi connectivity index (χ0v) is 29.1. The first-order valence-corrected chi connectivity index (χ1v) is 17.5. The van der Waals surface area contributed by atoms with Gasteiger partial charge in [0.1, 0.15) is 116 Å². The van der Waals surface area contributed by atoms with Gasteiger partial charge in [-0.2, -0.15) is 0 Å². The van der Waals surface area contributed by atoms with Crippen molar-refractivity contribution < 1.29 is 124 Å². The van der Waals surface area contributed by atoms with E-state index in [1.165, 1.54) is 6.92 Å². The minimum absolute atomic E-state index is 0.801. The average Bonchev–Trinajstić information content (AvgIpc) is 3.16. The summed E-state index contributed by atoms with van der Waals surface area (Å²) in [5.41, 5.74) is 0. The Morgan fingerprint density at radius 1 is 0.364 bits per heavy atom. The topological polar surface area (TPSA) is 407 Å². The second-order valence-corrected chi connectivity index (χ2v) is 14.0. The SMILES string of the molecule is C[C@H]1OC(O)[C@H](O)[C@@H](O[C@@H]2O[C@H](COC3O[C@H](CO)[C@@H](OC4O[C@H](CO)[C@@H](O)[C@H](O)[C@H]4O)[C@H](O)[C@H]3O)[C@@H](O)[C@H](O)[C@H]2OC2O[C@H](CO)[C@@H](O)[C@H](O)[C@H]2O)[C@H]1O. The van der Waals surface area contributed by atoms with E-state index in [0.29, 0.717) is 0 Å². The van der Waals surface area contributed by atoms with Gasteiger partial charge in [0.25, 0.3) is 0 Å². The molecule has 0 aromatic heterocycles. The standard InChI is InChI=1S/C30H52O25/c1-6-11(34)24(22(45)26(46)48-6)54-30-25(55-29-20(43)16(39)13(36)8(3-32)50-29)17(40)14(37)10(52-30)5-47-27-21(44)18(41)23(9(4-33)51-27)53-28-19(42)15(38)12(35)7(2-31)49-28/h6-46H,2-5H2,1H3/t6-,7-,8-,9-,10-,11+,12-,13-,14-,15+,16+,17+,18-,19-,20-,21-,22-,23-,24+,25-,26?,27?,28?,29?,30+/m1/s1. The highest BCUT2D eigenvalue weighted by Gasteiger charge is 2.55. The number of ether oxygens (including phenoxy) is 9. The molecule has 16 N–H and O–H groups in total. The lowest BCUT2D eigenvalue weighted by Crippen LogP contribution is -2.67. The highest BCUT2D eigenvalue weighted by Crippen LogP contribution is 2.34. The lowest BCUT2D eigenvalue weighted by Gasteiger charge is -2.48. The van der Waals surface area contributed by atoms with E-state index >= 15 is 0 Å². The highest BCUT2D eigenvalue weighted by molar-refractivity contribution is 4.98. The van der Waals surface area contributed by atoms with Crippen molar-refractivity contribution in [3.05, 3.63) is 0 Å². The van der Waals surface area contributed by atoms with Crippen molar-refractivity contribution in [1.82, 2.24) is 0 Å².